The van der Waals surface area contributed by atoms with Gasteiger partial charge in [-0.25, -0.2) is 0 Å². The zero-order valence-electron chi connectivity index (χ0n) is 5.26. The van der Waals surface area contributed by atoms with Gasteiger partial charge in [-0.15, -0.1) is 0 Å². The number of hydrogen-bond acceptors (Lipinski definition) is 1. The summed E-state index contributed by atoms with van der Waals surface area (Å²) in [6, 6.07) is 0. The maximum atomic E-state index is 9.76. The Balaban J connectivity index is -0.000000180. The van der Waals surface area contributed by atoms with Gasteiger partial charge in [0.15, 0.2) is 0 Å². The number of carbonyl (C=O) groups is 1. The molecule has 0 aliphatic heterocycles. The molecule has 4 heteroatoms. The van der Waals surface area contributed by atoms with Crippen molar-refractivity contribution in [2.24, 2.45) is 0 Å². The molecule has 0 amide bonds. The molecule has 0 spiro atoms. The van der Waals surface area contributed by atoms with Gasteiger partial charge in [0.1, 0.15) is 0 Å². The van der Waals surface area contributed by atoms with E-state index >= 15 is 0 Å². The van der Waals surface area contributed by atoms with Gasteiger partial charge >= 0.3 is 5.97 Å². The molecule has 0 unspecified atom stereocenters. The Bertz CT molecular complexity index is 68.0. The van der Waals surface area contributed by atoms with Crippen LogP contribution < -0.4 is 0 Å². The molecule has 0 bridgehead atoms. The minimum absolute atomic E-state index is 0. The predicted octanol–water partition coefficient (Wildman–Crippen LogP) is 1.41. The zero-order chi connectivity index (χ0) is 5.70. The maximum absolute atomic E-state index is 9.76. The Morgan fingerprint density at radius 2 is 2.00 bits per heavy atom. The predicted molar refractivity (Wildman–Crippen MR) is 29.7 cm³/mol. The van der Waals surface area contributed by atoms with Gasteiger partial charge in [-0.1, -0.05) is 13.3 Å². The largest absolute Gasteiger partial charge is 0.481 e. The second-order valence-electron chi connectivity index (χ2n) is 1.50. The number of rotatable bonds is 3. The summed E-state index contributed by atoms with van der Waals surface area (Å²) in [5.74, 6) is -0.693. The Labute approximate surface area is 94.9 Å². The number of unbranched alkanes of at least 4 members (excludes halogenated alkanes) is 1. The van der Waals surface area contributed by atoms with Gasteiger partial charge in [-0.2, -0.15) is 0 Å². The molecule has 2 nitrogen and oxygen atoms in total. The summed E-state index contributed by atoms with van der Waals surface area (Å²) in [5, 5.41) is 8.04. The monoisotopic (exact) mass is 275 g/mol. The molecule has 9 heavy (non-hydrogen) atoms. The van der Waals surface area contributed by atoms with Crippen LogP contribution in [0, 0.1) is 49.4 Å². The Kier molecular flexibility index (Phi) is 21.6. The molecule has 0 aliphatic carbocycles. The first-order chi connectivity index (χ1) is 3.27. The molecule has 1 radical (unpaired) electrons. The molecule has 0 aliphatic rings. The van der Waals surface area contributed by atoms with Crippen LogP contribution in [0.4, 0.5) is 4.70 Å². The average molecular weight is 274 g/mol. The van der Waals surface area contributed by atoms with Crippen LogP contribution in [0.15, 0.2) is 0 Å². The topological polar surface area (TPSA) is 37.3 Å². The molecule has 0 aromatic carbocycles. The van der Waals surface area contributed by atoms with E-state index in [-0.39, 0.29) is 54.1 Å². The Hall–Kier alpha value is 0.984. The van der Waals surface area contributed by atoms with Crippen LogP contribution in [0.25, 0.3) is 0 Å². The summed E-state index contributed by atoms with van der Waals surface area (Å²) >= 11 is 0. The van der Waals surface area contributed by atoms with Crippen LogP contribution in [0.5, 0.6) is 0 Å². The molecule has 0 aromatic heterocycles. The van der Waals surface area contributed by atoms with Crippen LogP contribution in [0.3, 0.4) is 0 Å². The standard InChI is InChI=1S/C5H10O2.Eu.FH/c1-2-3-4-5(6)7;;/h2-4H2,1H3,(H,6,7);;1H. The first-order valence-corrected chi connectivity index (χ1v) is 2.49. The quantitative estimate of drug-likeness (QED) is 0.845. The minimum Gasteiger partial charge on any atom is -0.481 e. The van der Waals surface area contributed by atoms with Crippen molar-refractivity contribution in [3.8, 4) is 0 Å². The SMILES string of the molecule is CCCCC(=O)O.F.[Eu]. The van der Waals surface area contributed by atoms with E-state index in [1.165, 1.54) is 0 Å². The fourth-order valence-electron chi connectivity index (χ4n) is 0.328. The van der Waals surface area contributed by atoms with E-state index in [2.05, 4.69) is 0 Å². The summed E-state index contributed by atoms with van der Waals surface area (Å²) in [4.78, 5) is 9.76. The fraction of sp³-hybridized carbons (Fsp3) is 0.800. The maximum Gasteiger partial charge on any atom is 0.303 e. The van der Waals surface area contributed by atoms with E-state index in [1.54, 1.807) is 0 Å². The summed E-state index contributed by atoms with van der Waals surface area (Å²) in [5.41, 5.74) is 0. The minimum atomic E-state index is -0.693. The third kappa shape index (κ3) is 17.6. The van der Waals surface area contributed by atoms with Crippen molar-refractivity contribution in [3.05, 3.63) is 0 Å². The summed E-state index contributed by atoms with van der Waals surface area (Å²) in [7, 11) is 0. The number of carboxylic acid groups (broad SMARTS) is 1. The second kappa shape index (κ2) is 11.7. The van der Waals surface area contributed by atoms with Gasteiger partial charge in [0.25, 0.3) is 0 Å². The summed E-state index contributed by atoms with van der Waals surface area (Å²) < 4.78 is 0. The van der Waals surface area contributed by atoms with Crippen molar-refractivity contribution in [2.45, 2.75) is 26.2 Å². The van der Waals surface area contributed by atoms with E-state index in [0.717, 1.165) is 12.8 Å². The molecular formula is C5H11EuFO2. The van der Waals surface area contributed by atoms with Gasteiger partial charge in [-0.05, 0) is 6.42 Å². The van der Waals surface area contributed by atoms with Crippen LogP contribution in [-0.2, 0) is 4.79 Å². The van der Waals surface area contributed by atoms with E-state index in [9.17, 15) is 4.79 Å². The molecule has 0 fully saturated rings. The molecule has 0 rings (SSSR count). The molecule has 0 saturated heterocycles. The Morgan fingerprint density at radius 3 is 2.11 bits per heavy atom. The number of hydrogen-bond donors (Lipinski definition) is 1. The summed E-state index contributed by atoms with van der Waals surface area (Å²) in [6.45, 7) is 1.98. The van der Waals surface area contributed by atoms with Crippen LogP contribution in [0.1, 0.15) is 26.2 Å². The number of aliphatic carboxylic acids is 1. The van der Waals surface area contributed by atoms with E-state index < -0.39 is 5.97 Å². The van der Waals surface area contributed by atoms with Gasteiger partial charge in [-0.3, -0.25) is 9.50 Å². The molecular weight excluding hydrogens is 263 g/mol. The molecule has 0 atom stereocenters. The third-order valence-electron chi connectivity index (χ3n) is 0.744. The van der Waals surface area contributed by atoms with Gasteiger partial charge in [0, 0.05) is 55.8 Å². The average Bonchev–Trinajstić information content (AvgIpc) is 1.61. The van der Waals surface area contributed by atoms with Gasteiger partial charge in [0.2, 0.25) is 0 Å². The molecule has 1 N–H and O–H groups in total. The van der Waals surface area contributed by atoms with Crippen LogP contribution >= 0.6 is 0 Å². The van der Waals surface area contributed by atoms with Crippen LogP contribution in [0.2, 0.25) is 0 Å². The number of halogens is 1. The molecule has 57 valence electrons. The first-order valence-electron chi connectivity index (χ1n) is 2.49. The van der Waals surface area contributed by atoms with E-state index in [4.69, 9.17) is 5.11 Å². The van der Waals surface area contributed by atoms with Crippen molar-refractivity contribution >= 4 is 5.97 Å². The fourth-order valence-corrected chi connectivity index (χ4v) is 0.328. The third-order valence-corrected chi connectivity index (χ3v) is 0.744. The zero-order valence-corrected chi connectivity index (χ0v) is 7.69. The Morgan fingerprint density at radius 1 is 1.56 bits per heavy atom. The first kappa shape index (κ1) is 16.5. The van der Waals surface area contributed by atoms with Gasteiger partial charge < -0.3 is 5.11 Å². The van der Waals surface area contributed by atoms with Crippen LogP contribution in [-0.4, -0.2) is 11.1 Å². The van der Waals surface area contributed by atoms with Crippen molar-refractivity contribution in [1.82, 2.24) is 0 Å². The van der Waals surface area contributed by atoms with Crippen molar-refractivity contribution in [3.63, 3.8) is 0 Å². The van der Waals surface area contributed by atoms with Crippen molar-refractivity contribution in [2.75, 3.05) is 0 Å². The normalized spacial score (nSPS) is 6.78. The van der Waals surface area contributed by atoms with E-state index in [1.807, 2.05) is 6.92 Å². The molecule has 0 heterocycles. The molecule has 0 saturated carbocycles. The smallest absolute Gasteiger partial charge is 0.303 e. The summed E-state index contributed by atoms with van der Waals surface area (Å²) in [6.07, 6.45) is 2.08. The number of carboxylic acids is 1. The van der Waals surface area contributed by atoms with Crippen molar-refractivity contribution < 1.29 is 64.0 Å². The second-order valence-corrected chi connectivity index (χ2v) is 1.50. The van der Waals surface area contributed by atoms with Crippen molar-refractivity contribution in [1.29, 1.82) is 0 Å². The van der Waals surface area contributed by atoms with E-state index in [0.29, 0.717) is 6.42 Å². The van der Waals surface area contributed by atoms with Gasteiger partial charge in [0.05, 0.1) is 0 Å². The molecule has 0 aromatic rings.